The molecule has 17 heavy (non-hydrogen) atoms. The van der Waals surface area contributed by atoms with Crippen molar-refractivity contribution in [1.82, 2.24) is 0 Å². The molecular weight excluding hydrogens is 224 g/mol. The number of benzene rings is 1. The maximum Gasteiger partial charge on any atom is 0.259 e. The Bertz CT molecular complexity index is 382. The molecule has 4 N–H and O–H groups in total. The first-order valence-electron chi connectivity index (χ1n) is 5.24. The van der Waals surface area contributed by atoms with Crippen molar-refractivity contribution in [2.24, 2.45) is 0 Å². The summed E-state index contributed by atoms with van der Waals surface area (Å²) in [7, 11) is 0. The van der Waals surface area contributed by atoms with Crippen molar-refractivity contribution in [1.29, 1.82) is 0 Å². The fourth-order valence-electron chi connectivity index (χ4n) is 1.21. The quantitative estimate of drug-likeness (QED) is 0.459. The molecule has 0 amide bonds. The number of aliphatic hydroxyl groups is 4. The molecule has 0 aliphatic heterocycles. The number of ether oxygens (including phenoxy) is 1. The van der Waals surface area contributed by atoms with Crippen LogP contribution in [0.3, 0.4) is 0 Å². The van der Waals surface area contributed by atoms with Gasteiger partial charge in [0.15, 0.2) is 5.76 Å². The lowest BCUT2D eigenvalue weighted by molar-refractivity contribution is -0.0229. The van der Waals surface area contributed by atoms with Crippen LogP contribution in [0.25, 0.3) is 0 Å². The summed E-state index contributed by atoms with van der Waals surface area (Å²) in [6.07, 6.45) is -0.811. The van der Waals surface area contributed by atoms with E-state index in [1.807, 2.05) is 19.1 Å². The zero-order valence-electron chi connectivity index (χ0n) is 9.50. The average molecular weight is 240 g/mol. The highest BCUT2D eigenvalue weighted by Crippen LogP contribution is 2.16. The monoisotopic (exact) mass is 240 g/mol. The van der Waals surface area contributed by atoms with Crippen LogP contribution in [0.5, 0.6) is 5.75 Å². The molecule has 0 saturated carbocycles. The molecule has 0 aliphatic carbocycles. The van der Waals surface area contributed by atoms with Gasteiger partial charge in [-0.2, -0.15) is 0 Å². The van der Waals surface area contributed by atoms with Crippen LogP contribution in [-0.2, 0) is 6.42 Å². The van der Waals surface area contributed by atoms with Crippen LogP contribution < -0.4 is 4.74 Å². The topological polar surface area (TPSA) is 90.2 Å². The van der Waals surface area contributed by atoms with Crippen molar-refractivity contribution < 1.29 is 25.2 Å². The molecule has 0 aliphatic rings. The summed E-state index contributed by atoms with van der Waals surface area (Å²) in [5, 5.41) is 36.2. The fraction of sp³-hybridized carbons (Fsp3) is 0.333. The first kappa shape index (κ1) is 13.3. The van der Waals surface area contributed by atoms with E-state index in [1.54, 1.807) is 12.1 Å². The van der Waals surface area contributed by atoms with Crippen LogP contribution in [0.1, 0.15) is 12.5 Å². The standard InChI is InChI=1S/C12H16O5/c1-2-8-3-5-9(6-4-8)17-12(16)11(15)10(14)7-13/h3-6,12-16H,2,7H2,1H3. The predicted octanol–water partition coefficient (Wildman–Crippen LogP) is 1.27. The van der Waals surface area contributed by atoms with Crippen LogP contribution in [0.2, 0.25) is 0 Å². The highest BCUT2D eigenvalue weighted by atomic mass is 16.6. The van der Waals surface area contributed by atoms with Crippen molar-refractivity contribution in [2.45, 2.75) is 19.6 Å². The van der Waals surface area contributed by atoms with Gasteiger partial charge in [0.25, 0.3) is 6.29 Å². The molecule has 0 aromatic heterocycles. The minimum Gasteiger partial charge on any atom is -0.506 e. The predicted molar refractivity (Wildman–Crippen MR) is 61.8 cm³/mol. The number of aliphatic hydroxyl groups excluding tert-OH is 4. The second-order valence-electron chi connectivity index (χ2n) is 3.46. The molecule has 0 bridgehead atoms. The maximum absolute atomic E-state index is 9.40. The van der Waals surface area contributed by atoms with E-state index in [9.17, 15) is 10.2 Å². The van der Waals surface area contributed by atoms with Gasteiger partial charge in [0.2, 0.25) is 5.76 Å². The van der Waals surface area contributed by atoms with E-state index < -0.39 is 24.4 Å². The molecule has 0 saturated heterocycles. The summed E-state index contributed by atoms with van der Waals surface area (Å²) in [4.78, 5) is 0. The highest BCUT2D eigenvalue weighted by molar-refractivity contribution is 5.27. The molecular formula is C12H16O5. The highest BCUT2D eigenvalue weighted by Gasteiger charge is 2.16. The molecule has 5 nitrogen and oxygen atoms in total. The first-order valence-corrected chi connectivity index (χ1v) is 5.24. The van der Waals surface area contributed by atoms with E-state index in [0.717, 1.165) is 12.0 Å². The Morgan fingerprint density at radius 3 is 2.29 bits per heavy atom. The minimum absolute atomic E-state index is 0.354. The Morgan fingerprint density at radius 2 is 1.82 bits per heavy atom. The Labute approximate surface area is 99.2 Å². The van der Waals surface area contributed by atoms with Gasteiger partial charge in [-0.05, 0) is 24.1 Å². The molecule has 0 radical (unpaired) electrons. The van der Waals surface area contributed by atoms with Crippen molar-refractivity contribution in [3.05, 3.63) is 41.3 Å². The van der Waals surface area contributed by atoms with Gasteiger partial charge in [0.1, 0.15) is 12.4 Å². The number of hydrogen-bond acceptors (Lipinski definition) is 5. The van der Waals surface area contributed by atoms with Crippen LogP contribution in [0.4, 0.5) is 0 Å². The van der Waals surface area contributed by atoms with Crippen molar-refractivity contribution in [2.75, 3.05) is 6.61 Å². The van der Waals surface area contributed by atoms with Gasteiger partial charge in [-0.25, -0.2) is 0 Å². The van der Waals surface area contributed by atoms with Gasteiger partial charge in [-0.3, -0.25) is 0 Å². The summed E-state index contributed by atoms with van der Waals surface area (Å²) < 4.78 is 4.98. The molecule has 1 rings (SSSR count). The Kier molecular flexibility index (Phi) is 4.81. The van der Waals surface area contributed by atoms with Gasteiger partial charge >= 0.3 is 0 Å². The SMILES string of the molecule is CCc1ccc(OC(O)C(O)=C(O)CO)cc1. The molecule has 5 heteroatoms. The second-order valence-corrected chi connectivity index (χ2v) is 3.46. The van der Waals surface area contributed by atoms with E-state index in [2.05, 4.69) is 0 Å². The smallest absolute Gasteiger partial charge is 0.259 e. The normalized spacial score (nSPS) is 14.1. The Balaban J connectivity index is 2.70. The molecule has 0 heterocycles. The third kappa shape index (κ3) is 3.65. The van der Waals surface area contributed by atoms with Crippen LogP contribution in [0, 0.1) is 0 Å². The Hall–Kier alpha value is -1.72. The molecule has 0 fully saturated rings. The summed E-state index contributed by atoms with van der Waals surface area (Å²) in [5.41, 5.74) is 1.12. The van der Waals surface area contributed by atoms with Crippen molar-refractivity contribution in [3.8, 4) is 5.75 Å². The van der Waals surface area contributed by atoms with E-state index in [0.29, 0.717) is 5.75 Å². The third-order valence-electron chi connectivity index (χ3n) is 2.26. The zero-order chi connectivity index (χ0) is 12.8. The molecule has 1 aromatic rings. The lowest BCUT2D eigenvalue weighted by Gasteiger charge is -2.13. The van der Waals surface area contributed by atoms with Gasteiger partial charge in [-0.15, -0.1) is 0 Å². The molecule has 1 atom stereocenters. The van der Waals surface area contributed by atoms with E-state index in [-0.39, 0.29) is 0 Å². The second kappa shape index (κ2) is 6.12. The minimum atomic E-state index is -1.70. The zero-order valence-corrected chi connectivity index (χ0v) is 9.50. The Morgan fingerprint density at radius 1 is 1.24 bits per heavy atom. The molecule has 1 aromatic carbocycles. The van der Waals surface area contributed by atoms with Crippen LogP contribution >= 0.6 is 0 Å². The summed E-state index contributed by atoms with van der Waals surface area (Å²) in [6, 6.07) is 6.94. The fourth-order valence-corrected chi connectivity index (χ4v) is 1.21. The largest absolute Gasteiger partial charge is 0.506 e. The summed E-state index contributed by atoms with van der Waals surface area (Å²) in [5.74, 6) is -1.17. The van der Waals surface area contributed by atoms with Gasteiger partial charge < -0.3 is 25.2 Å². The van der Waals surface area contributed by atoms with Gasteiger partial charge in [0.05, 0.1) is 0 Å². The van der Waals surface area contributed by atoms with Crippen LogP contribution in [0.15, 0.2) is 35.8 Å². The average Bonchev–Trinajstić information content (AvgIpc) is 2.37. The van der Waals surface area contributed by atoms with E-state index in [4.69, 9.17) is 14.9 Å². The number of aryl methyl sites for hydroxylation is 1. The maximum atomic E-state index is 9.40. The van der Waals surface area contributed by atoms with E-state index in [1.165, 1.54) is 0 Å². The van der Waals surface area contributed by atoms with Crippen molar-refractivity contribution >= 4 is 0 Å². The number of rotatable bonds is 5. The van der Waals surface area contributed by atoms with E-state index >= 15 is 0 Å². The van der Waals surface area contributed by atoms with Gasteiger partial charge in [-0.1, -0.05) is 19.1 Å². The number of hydrogen-bond donors (Lipinski definition) is 4. The lowest BCUT2D eigenvalue weighted by Crippen LogP contribution is -2.20. The molecule has 0 spiro atoms. The molecule has 94 valence electrons. The summed E-state index contributed by atoms with van der Waals surface area (Å²) >= 11 is 0. The third-order valence-corrected chi connectivity index (χ3v) is 2.26. The summed E-state index contributed by atoms with van der Waals surface area (Å²) in [6.45, 7) is 1.25. The van der Waals surface area contributed by atoms with Crippen molar-refractivity contribution in [3.63, 3.8) is 0 Å². The van der Waals surface area contributed by atoms with Gasteiger partial charge in [0, 0.05) is 0 Å². The molecule has 1 unspecified atom stereocenters. The first-order chi connectivity index (χ1) is 8.08. The van der Waals surface area contributed by atoms with Crippen LogP contribution in [-0.4, -0.2) is 33.3 Å². The lowest BCUT2D eigenvalue weighted by atomic mass is 10.2.